The first-order valence-electron chi connectivity index (χ1n) is 10.0. The largest absolute Gasteiger partial charge is 0.338 e. The van der Waals surface area contributed by atoms with E-state index in [4.69, 9.17) is 0 Å². The fraction of sp³-hybridized carbons (Fsp3) is 0.478. The summed E-state index contributed by atoms with van der Waals surface area (Å²) in [4.78, 5) is 22.1. The quantitative estimate of drug-likeness (QED) is 0.831. The highest BCUT2D eigenvalue weighted by Crippen LogP contribution is 2.41. The van der Waals surface area contributed by atoms with Gasteiger partial charge in [0.05, 0.1) is 5.41 Å². The van der Waals surface area contributed by atoms with Crippen LogP contribution in [0.2, 0.25) is 0 Å². The molecule has 1 amide bonds. The second-order valence-corrected chi connectivity index (χ2v) is 8.36. The van der Waals surface area contributed by atoms with Gasteiger partial charge in [0.1, 0.15) is 0 Å². The van der Waals surface area contributed by atoms with Crippen molar-refractivity contribution in [2.45, 2.75) is 46.2 Å². The summed E-state index contributed by atoms with van der Waals surface area (Å²) in [7, 11) is 0. The zero-order valence-electron chi connectivity index (χ0n) is 16.4. The molecular formula is C23H29N3O. The van der Waals surface area contributed by atoms with Crippen molar-refractivity contribution >= 4 is 5.91 Å². The van der Waals surface area contributed by atoms with Gasteiger partial charge in [-0.2, -0.15) is 0 Å². The summed E-state index contributed by atoms with van der Waals surface area (Å²) >= 11 is 0. The summed E-state index contributed by atoms with van der Waals surface area (Å²) in [5, 5.41) is 0. The Hall–Kier alpha value is -2.20. The average Bonchev–Trinajstić information content (AvgIpc) is 3.07. The minimum atomic E-state index is -0.182. The van der Waals surface area contributed by atoms with Gasteiger partial charge < -0.3 is 4.90 Å². The molecule has 1 aromatic carbocycles. The molecule has 1 spiro atoms. The first kappa shape index (κ1) is 18.2. The van der Waals surface area contributed by atoms with Crippen LogP contribution in [0.3, 0.4) is 0 Å². The van der Waals surface area contributed by atoms with Crippen molar-refractivity contribution in [2.75, 3.05) is 19.6 Å². The number of hydrogen-bond acceptors (Lipinski definition) is 3. The number of carbonyl (C=O) groups excluding carboxylic acids is 1. The standard InChI is InChI=1S/C23H29N3O/c1-18-6-7-19(2)21(13-18)16-25-12-9-23(17-25)8-4-11-26(22(23)27)15-20-5-3-10-24-14-20/h3,5-7,10,13-14H,4,8-9,11-12,15-17H2,1-2H3/t23-/m0/s1. The summed E-state index contributed by atoms with van der Waals surface area (Å²) in [6, 6.07) is 10.7. The average molecular weight is 364 g/mol. The van der Waals surface area contributed by atoms with Crippen LogP contribution < -0.4 is 0 Å². The van der Waals surface area contributed by atoms with Gasteiger partial charge in [0, 0.05) is 38.6 Å². The van der Waals surface area contributed by atoms with Gasteiger partial charge in [-0.05, 0) is 62.4 Å². The van der Waals surface area contributed by atoms with Gasteiger partial charge in [0.15, 0.2) is 0 Å². The van der Waals surface area contributed by atoms with E-state index in [0.717, 1.165) is 51.0 Å². The number of rotatable bonds is 4. The van der Waals surface area contributed by atoms with E-state index in [-0.39, 0.29) is 5.41 Å². The number of aryl methyl sites for hydroxylation is 2. The summed E-state index contributed by atoms with van der Waals surface area (Å²) in [5.74, 6) is 0.348. The van der Waals surface area contributed by atoms with E-state index >= 15 is 0 Å². The summed E-state index contributed by atoms with van der Waals surface area (Å²) in [5.41, 5.74) is 4.98. The van der Waals surface area contributed by atoms with E-state index < -0.39 is 0 Å². The third kappa shape index (κ3) is 3.77. The predicted molar refractivity (Wildman–Crippen MR) is 107 cm³/mol. The van der Waals surface area contributed by atoms with Gasteiger partial charge in [0.25, 0.3) is 0 Å². The van der Waals surface area contributed by atoms with Crippen LogP contribution in [0.1, 0.15) is 41.5 Å². The van der Waals surface area contributed by atoms with Gasteiger partial charge in [-0.1, -0.05) is 29.8 Å². The van der Waals surface area contributed by atoms with Crippen molar-refractivity contribution in [3.63, 3.8) is 0 Å². The van der Waals surface area contributed by atoms with Crippen molar-refractivity contribution < 1.29 is 4.79 Å². The smallest absolute Gasteiger partial charge is 0.230 e. The van der Waals surface area contributed by atoms with E-state index in [1.807, 2.05) is 12.3 Å². The maximum atomic E-state index is 13.4. The van der Waals surface area contributed by atoms with E-state index in [1.165, 1.54) is 16.7 Å². The SMILES string of the molecule is Cc1ccc(C)c(CN2CC[C@@]3(CCCN(Cc4cccnc4)C3=O)C2)c1. The molecule has 27 heavy (non-hydrogen) atoms. The molecule has 2 aliphatic heterocycles. The Morgan fingerprint density at radius 1 is 1.11 bits per heavy atom. The molecule has 2 aromatic rings. The van der Waals surface area contributed by atoms with Crippen LogP contribution in [0.25, 0.3) is 0 Å². The monoisotopic (exact) mass is 363 g/mol. The third-order valence-electron chi connectivity index (χ3n) is 6.25. The molecule has 4 nitrogen and oxygen atoms in total. The lowest BCUT2D eigenvalue weighted by atomic mass is 9.78. The molecule has 0 bridgehead atoms. The molecule has 142 valence electrons. The maximum absolute atomic E-state index is 13.4. The Bertz CT molecular complexity index is 820. The Balaban J connectivity index is 1.45. The molecule has 0 aliphatic carbocycles. The second kappa shape index (κ2) is 7.43. The molecule has 2 aliphatic rings. The Morgan fingerprint density at radius 3 is 2.81 bits per heavy atom. The number of nitrogens with zero attached hydrogens (tertiary/aromatic N) is 3. The molecule has 3 heterocycles. The first-order valence-corrected chi connectivity index (χ1v) is 10.0. The minimum absolute atomic E-state index is 0.182. The van der Waals surface area contributed by atoms with Crippen molar-refractivity contribution in [3.05, 3.63) is 65.0 Å². The Morgan fingerprint density at radius 2 is 2.00 bits per heavy atom. The lowest BCUT2D eigenvalue weighted by Gasteiger charge is -2.39. The molecule has 0 radical (unpaired) electrons. The van der Waals surface area contributed by atoms with Gasteiger partial charge >= 0.3 is 0 Å². The summed E-state index contributed by atoms with van der Waals surface area (Å²) in [6.45, 7) is 8.74. The Labute approximate surface area is 162 Å². The van der Waals surface area contributed by atoms with Crippen LogP contribution in [0.15, 0.2) is 42.7 Å². The van der Waals surface area contributed by atoms with Gasteiger partial charge in [-0.15, -0.1) is 0 Å². The molecule has 0 saturated carbocycles. The van der Waals surface area contributed by atoms with Crippen molar-refractivity contribution in [2.24, 2.45) is 5.41 Å². The zero-order chi connectivity index (χ0) is 18.9. The lowest BCUT2D eigenvalue weighted by molar-refractivity contribution is -0.146. The van der Waals surface area contributed by atoms with Crippen molar-refractivity contribution in [3.8, 4) is 0 Å². The highest BCUT2D eigenvalue weighted by molar-refractivity contribution is 5.84. The molecular weight excluding hydrogens is 334 g/mol. The normalized spacial score (nSPS) is 23.3. The van der Waals surface area contributed by atoms with Crippen LogP contribution in [0.4, 0.5) is 0 Å². The highest BCUT2D eigenvalue weighted by atomic mass is 16.2. The van der Waals surface area contributed by atoms with Crippen molar-refractivity contribution in [1.82, 2.24) is 14.8 Å². The van der Waals surface area contributed by atoms with E-state index in [2.05, 4.69) is 52.9 Å². The first-order chi connectivity index (χ1) is 13.1. The number of piperidine rings is 1. The van der Waals surface area contributed by atoms with Crippen LogP contribution in [0.5, 0.6) is 0 Å². The number of benzene rings is 1. The molecule has 2 fully saturated rings. The lowest BCUT2D eigenvalue weighted by Crippen LogP contribution is -2.49. The van der Waals surface area contributed by atoms with E-state index in [9.17, 15) is 4.79 Å². The highest BCUT2D eigenvalue weighted by Gasteiger charge is 2.48. The summed E-state index contributed by atoms with van der Waals surface area (Å²) < 4.78 is 0. The topological polar surface area (TPSA) is 36.4 Å². The van der Waals surface area contributed by atoms with E-state index in [0.29, 0.717) is 12.5 Å². The second-order valence-electron chi connectivity index (χ2n) is 8.36. The maximum Gasteiger partial charge on any atom is 0.230 e. The Kier molecular flexibility index (Phi) is 5.00. The molecule has 1 atom stereocenters. The van der Waals surface area contributed by atoms with E-state index in [1.54, 1.807) is 6.20 Å². The van der Waals surface area contributed by atoms with Crippen LogP contribution in [-0.2, 0) is 17.9 Å². The van der Waals surface area contributed by atoms with Crippen molar-refractivity contribution in [1.29, 1.82) is 0 Å². The fourth-order valence-electron chi connectivity index (χ4n) is 4.70. The third-order valence-corrected chi connectivity index (χ3v) is 6.25. The number of aromatic nitrogens is 1. The minimum Gasteiger partial charge on any atom is -0.338 e. The number of amides is 1. The summed E-state index contributed by atoms with van der Waals surface area (Å²) in [6.07, 6.45) is 6.77. The molecule has 4 rings (SSSR count). The molecule has 0 unspecified atom stereocenters. The number of likely N-dealkylation sites (tertiary alicyclic amines) is 2. The van der Waals surface area contributed by atoms with Gasteiger partial charge in [-0.3, -0.25) is 14.7 Å². The zero-order valence-corrected chi connectivity index (χ0v) is 16.4. The fourth-order valence-corrected chi connectivity index (χ4v) is 4.70. The van der Waals surface area contributed by atoms with Crippen LogP contribution in [-0.4, -0.2) is 40.3 Å². The van der Waals surface area contributed by atoms with Gasteiger partial charge in [-0.25, -0.2) is 0 Å². The molecule has 1 aromatic heterocycles. The molecule has 4 heteroatoms. The number of pyridine rings is 1. The van der Waals surface area contributed by atoms with Crippen LogP contribution in [0, 0.1) is 19.3 Å². The molecule has 0 N–H and O–H groups in total. The molecule has 2 saturated heterocycles. The predicted octanol–water partition coefficient (Wildman–Crippen LogP) is 3.71. The van der Waals surface area contributed by atoms with Gasteiger partial charge in [0.2, 0.25) is 5.91 Å². The number of hydrogen-bond donors (Lipinski definition) is 0. The number of carbonyl (C=O) groups is 1. The van der Waals surface area contributed by atoms with Crippen LogP contribution >= 0.6 is 0 Å².